The summed E-state index contributed by atoms with van der Waals surface area (Å²) in [7, 11) is 1.75. The van der Waals surface area contributed by atoms with Crippen molar-refractivity contribution >= 4 is 34.8 Å². The summed E-state index contributed by atoms with van der Waals surface area (Å²) in [6.45, 7) is 0.562. The molecule has 34 heavy (non-hydrogen) atoms. The highest BCUT2D eigenvalue weighted by Gasteiger charge is 2.68. The number of hydrogen-bond acceptors (Lipinski definition) is 5. The van der Waals surface area contributed by atoms with Gasteiger partial charge in [0, 0.05) is 33.3 Å². The van der Waals surface area contributed by atoms with Crippen LogP contribution < -0.4 is 10.1 Å². The number of hydrogen-bond donors (Lipinski definition) is 1. The molecule has 2 heterocycles. The fraction of sp³-hybridized carbons (Fsp3) is 0.240. The first-order valence-corrected chi connectivity index (χ1v) is 11.5. The topological polar surface area (TPSA) is 84.7 Å². The number of likely N-dealkylation sites (N-methyl/N-ethyl adjacent to an activating group) is 1. The second-order valence-corrected chi connectivity index (χ2v) is 9.37. The van der Waals surface area contributed by atoms with Gasteiger partial charge in [0.15, 0.2) is 5.54 Å². The Hall–Kier alpha value is -3.13. The summed E-state index contributed by atoms with van der Waals surface area (Å²) in [6.07, 6.45) is 0. The molecule has 3 aromatic carbocycles. The third kappa shape index (κ3) is 3.43. The van der Waals surface area contributed by atoms with Crippen molar-refractivity contribution in [1.82, 2.24) is 4.90 Å². The van der Waals surface area contributed by atoms with Crippen LogP contribution in [0, 0.1) is 10.1 Å². The first kappa shape index (κ1) is 22.7. The molecule has 1 amide bonds. The molecule has 2 aliphatic heterocycles. The molecule has 2 aliphatic rings. The maximum atomic E-state index is 13.2. The van der Waals surface area contributed by atoms with Crippen molar-refractivity contribution in [1.29, 1.82) is 0 Å². The number of nitrogens with zero attached hydrogens (tertiary/aromatic N) is 2. The number of halogens is 2. The Labute approximate surface area is 206 Å². The van der Waals surface area contributed by atoms with E-state index in [1.165, 1.54) is 0 Å². The van der Waals surface area contributed by atoms with Crippen molar-refractivity contribution in [3.8, 4) is 5.75 Å². The lowest BCUT2D eigenvalue weighted by molar-refractivity contribution is -0.534. The van der Waals surface area contributed by atoms with Gasteiger partial charge in [-0.05, 0) is 36.9 Å². The zero-order valence-electron chi connectivity index (χ0n) is 18.2. The number of para-hydroxylation sites is 1. The van der Waals surface area contributed by atoms with Crippen molar-refractivity contribution in [3.63, 3.8) is 0 Å². The standard InChI is InChI=1S/C25H21Cl2N3O4/c1-29-13-17(23(30(32)33)25(29)18-7-3-5-9-21(18)28-24(25)31)15-10-11-22(20(27)12-15)34-14-16-6-2-4-8-19(16)26/h2-12,17,23H,13-14H2,1H3,(H,28,31)/t17-,23-,25-/m1/s1. The summed E-state index contributed by atoms with van der Waals surface area (Å²) in [5, 5.41) is 16.2. The largest absolute Gasteiger partial charge is 0.487 e. The van der Waals surface area contributed by atoms with Gasteiger partial charge in [-0.3, -0.25) is 19.8 Å². The average molecular weight is 498 g/mol. The van der Waals surface area contributed by atoms with Gasteiger partial charge in [0.1, 0.15) is 12.4 Å². The predicted molar refractivity (Wildman–Crippen MR) is 130 cm³/mol. The number of amides is 1. The van der Waals surface area contributed by atoms with Gasteiger partial charge in [-0.25, -0.2) is 0 Å². The normalized spacial score (nSPS) is 23.7. The molecule has 1 N–H and O–H groups in total. The Balaban J connectivity index is 1.47. The van der Waals surface area contributed by atoms with Crippen molar-refractivity contribution in [3.05, 3.63) is 104 Å². The molecule has 3 aromatic rings. The number of rotatable bonds is 5. The Bertz CT molecular complexity index is 1300. The van der Waals surface area contributed by atoms with E-state index in [0.29, 0.717) is 39.2 Å². The zero-order chi connectivity index (χ0) is 24.0. The Kier molecular flexibility index (Phi) is 5.72. The number of likely N-dealkylation sites (tertiary alicyclic amines) is 1. The van der Waals surface area contributed by atoms with E-state index in [0.717, 1.165) is 5.56 Å². The van der Waals surface area contributed by atoms with Crippen molar-refractivity contribution in [2.45, 2.75) is 24.1 Å². The van der Waals surface area contributed by atoms with Gasteiger partial charge in [0.05, 0.1) is 10.9 Å². The quantitative estimate of drug-likeness (QED) is 0.391. The average Bonchev–Trinajstić information content (AvgIpc) is 3.29. The second kappa shape index (κ2) is 8.58. The fourth-order valence-electron chi connectivity index (χ4n) is 5.22. The highest BCUT2D eigenvalue weighted by atomic mass is 35.5. The van der Waals surface area contributed by atoms with Crippen LogP contribution in [0.2, 0.25) is 10.0 Å². The Morgan fingerprint density at radius 3 is 2.59 bits per heavy atom. The van der Waals surface area contributed by atoms with Gasteiger partial charge in [-0.15, -0.1) is 0 Å². The van der Waals surface area contributed by atoms with Crippen LogP contribution in [-0.2, 0) is 16.9 Å². The van der Waals surface area contributed by atoms with Gasteiger partial charge < -0.3 is 10.1 Å². The SMILES string of the molecule is CN1C[C@H](c2ccc(OCc3ccccc3Cl)c(Cl)c2)[C@@H]([N+](=O)[O-])[C@]12C(=O)Nc1ccccc12. The van der Waals surface area contributed by atoms with Gasteiger partial charge in [-0.2, -0.15) is 0 Å². The summed E-state index contributed by atoms with van der Waals surface area (Å²) >= 11 is 12.7. The molecule has 7 nitrogen and oxygen atoms in total. The molecular weight excluding hydrogens is 477 g/mol. The van der Waals surface area contributed by atoms with Crippen molar-refractivity contribution < 1.29 is 14.5 Å². The maximum Gasteiger partial charge on any atom is 0.256 e. The zero-order valence-corrected chi connectivity index (χ0v) is 19.7. The van der Waals surface area contributed by atoms with Crippen LogP contribution in [0.4, 0.5) is 5.69 Å². The number of carbonyl (C=O) groups is 1. The third-order valence-electron chi connectivity index (χ3n) is 6.77. The number of nitro groups is 1. The van der Waals surface area contributed by atoms with Crippen molar-refractivity contribution in [2.24, 2.45) is 0 Å². The number of fused-ring (bicyclic) bond motifs is 2. The molecular formula is C25H21Cl2N3O4. The molecule has 5 rings (SSSR count). The van der Waals surface area contributed by atoms with Crippen LogP contribution in [0.5, 0.6) is 5.75 Å². The molecule has 0 unspecified atom stereocenters. The molecule has 1 spiro atoms. The van der Waals surface area contributed by atoms with Gasteiger partial charge >= 0.3 is 0 Å². The van der Waals surface area contributed by atoms with E-state index in [1.54, 1.807) is 60.5 Å². The first-order chi connectivity index (χ1) is 16.3. The molecule has 0 radical (unpaired) electrons. The molecule has 1 fully saturated rings. The van der Waals surface area contributed by atoms with E-state index in [4.69, 9.17) is 27.9 Å². The predicted octanol–water partition coefficient (Wildman–Crippen LogP) is 5.09. The van der Waals surface area contributed by atoms with E-state index in [1.807, 2.05) is 18.2 Å². The second-order valence-electron chi connectivity index (χ2n) is 8.55. The van der Waals surface area contributed by atoms with Gasteiger partial charge in [0.2, 0.25) is 0 Å². The first-order valence-electron chi connectivity index (χ1n) is 10.8. The summed E-state index contributed by atoms with van der Waals surface area (Å²) in [6, 6.07) is 18.5. The lowest BCUT2D eigenvalue weighted by Gasteiger charge is -2.30. The lowest BCUT2D eigenvalue weighted by atomic mass is 9.79. The van der Waals surface area contributed by atoms with Crippen LogP contribution in [0.15, 0.2) is 66.7 Å². The monoisotopic (exact) mass is 497 g/mol. The van der Waals surface area contributed by atoms with Crippen LogP contribution >= 0.6 is 23.2 Å². The number of carbonyl (C=O) groups excluding carboxylic acids is 1. The van der Waals surface area contributed by atoms with Crippen LogP contribution in [0.25, 0.3) is 0 Å². The van der Waals surface area contributed by atoms with Crippen LogP contribution in [0.3, 0.4) is 0 Å². The highest BCUT2D eigenvalue weighted by Crippen LogP contribution is 2.52. The molecule has 0 aliphatic carbocycles. The smallest absolute Gasteiger partial charge is 0.256 e. The molecule has 0 bridgehead atoms. The Morgan fingerprint density at radius 1 is 1.12 bits per heavy atom. The van der Waals surface area contributed by atoms with Gasteiger partial charge in [-0.1, -0.05) is 65.7 Å². The number of anilines is 1. The summed E-state index contributed by atoms with van der Waals surface area (Å²) in [5.41, 5.74) is 1.34. The minimum atomic E-state index is -1.39. The Morgan fingerprint density at radius 2 is 1.85 bits per heavy atom. The minimum absolute atomic E-state index is 0.239. The molecule has 0 saturated carbocycles. The molecule has 1 saturated heterocycles. The molecule has 0 aromatic heterocycles. The fourth-order valence-corrected chi connectivity index (χ4v) is 5.65. The maximum absolute atomic E-state index is 13.2. The lowest BCUT2D eigenvalue weighted by Crippen LogP contribution is -2.54. The summed E-state index contributed by atoms with van der Waals surface area (Å²) in [4.78, 5) is 27.1. The van der Waals surface area contributed by atoms with Crippen LogP contribution in [0.1, 0.15) is 22.6 Å². The number of nitrogens with one attached hydrogen (secondary N) is 1. The molecule has 174 valence electrons. The number of ether oxygens (including phenoxy) is 1. The third-order valence-corrected chi connectivity index (χ3v) is 7.43. The van der Waals surface area contributed by atoms with E-state index >= 15 is 0 Å². The van der Waals surface area contributed by atoms with E-state index < -0.39 is 17.5 Å². The molecule has 3 atom stereocenters. The molecule has 9 heteroatoms. The van der Waals surface area contributed by atoms with E-state index in [2.05, 4.69) is 5.32 Å². The highest BCUT2D eigenvalue weighted by molar-refractivity contribution is 6.32. The van der Waals surface area contributed by atoms with Gasteiger partial charge in [0.25, 0.3) is 11.9 Å². The number of benzene rings is 3. The van der Waals surface area contributed by atoms with Crippen molar-refractivity contribution in [2.75, 3.05) is 18.9 Å². The minimum Gasteiger partial charge on any atom is -0.487 e. The van der Waals surface area contributed by atoms with E-state index in [9.17, 15) is 14.9 Å². The van der Waals surface area contributed by atoms with E-state index in [-0.39, 0.29) is 17.4 Å². The summed E-state index contributed by atoms with van der Waals surface area (Å²) in [5.74, 6) is -0.480. The summed E-state index contributed by atoms with van der Waals surface area (Å²) < 4.78 is 5.85. The van der Waals surface area contributed by atoms with Crippen LogP contribution in [-0.4, -0.2) is 35.4 Å².